The van der Waals surface area contributed by atoms with E-state index in [2.05, 4.69) is 0 Å². The summed E-state index contributed by atoms with van der Waals surface area (Å²) in [6.07, 6.45) is -6.88. The average Bonchev–Trinajstić information content (AvgIpc) is 2.84. The minimum atomic E-state index is -5.41. The number of carbonyl (C=O) groups excluding carboxylic acids is 1. The van der Waals surface area contributed by atoms with E-state index in [0.29, 0.717) is 19.3 Å². The zero-order valence-electron chi connectivity index (χ0n) is 11.1. The highest BCUT2D eigenvalue weighted by Crippen LogP contribution is 2.55. The molecule has 0 bridgehead atoms. The van der Waals surface area contributed by atoms with Gasteiger partial charge in [-0.05, 0) is 25.7 Å². The highest BCUT2D eigenvalue weighted by molar-refractivity contribution is 5.79. The topological polar surface area (TPSA) is 20.3 Å². The SMILES string of the molecule is O=C(C1CC=CCC1)N1CCC(C(F)(F)F)(C(F)(F)F)C1. The number of halogens is 6. The first kappa shape index (κ1) is 16.2. The van der Waals surface area contributed by atoms with Crippen molar-refractivity contribution >= 4 is 5.91 Å². The number of allylic oxidation sites excluding steroid dienone is 2. The molecule has 2 aliphatic rings. The van der Waals surface area contributed by atoms with E-state index < -0.39 is 49.1 Å². The van der Waals surface area contributed by atoms with Crippen molar-refractivity contribution in [3.05, 3.63) is 12.2 Å². The van der Waals surface area contributed by atoms with Crippen LogP contribution in [0.1, 0.15) is 25.7 Å². The molecule has 2 rings (SSSR count). The summed E-state index contributed by atoms with van der Waals surface area (Å²) in [5.74, 6) is -1.11. The van der Waals surface area contributed by atoms with Gasteiger partial charge >= 0.3 is 12.4 Å². The van der Waals surface area contributed by atoms with E-state index in [1.165, 1.54) is 0 Å². The third-order valence-corrected chi connectivity index (χ3v) is 4.28. The molecule has 1 aliphatic carbocycles. The molecule has 0 N–H and O–H groups in total. The zero-order valence-corrected chi connectivity index (χ0v) is 11.1. The molecule has 1 amide bonds. The average molecular weight is 315 g/mol. The molecule has 1 saturated heterocycles. The van der Waals surface area contributed by atoms with Crippen molar-refractivity contribution in [2.24, 2.45) is 11.3 Å². The number of carbonyl (C=O) groups is 1. The van der Waals surface area contributed by atoms with Gasteiger partial charge in [-0.15, -0.1) is 0 Å². The molecule has 1 aliphatic heterocycles. The molecule has 8 heteroatoms. The highest BCUT2D eigenvalue weighted by Gasteiger charge is 2.72. The number of likely N-dealkylation sites (tertiary alicyclic amines) is 1. The van der Waals surface area contributed by atoms with Gasteiger partial charge < -0.3 is 4.90 Å². The summed E-state index contributed by atoms with van der Waals surface area (Å²) in [6, 6.07) is 0. The second-order valence-electron chi connectivity index (χ2n) is 5.57. The molecule has 2 nitrogen and oxygen atoms in total. The minimum Gasteiger partial charge on any atom is -0.341 e. The molecule has 0 saturated carbocycles. The molecule has 1 atom stereocenters. The van der Waals surface area contributed by atoms with Crippen LogP contribution < -0.4 is 0 Å². The van der Waals surface area contributed by atoms with Crippen LogP contribution in [-0.2, 0) is 4.79 Å². The fourth-order valence-electron chi connectivity index (χ4n) is 2.90. The molecule has 1 fully saturated rings. The summed E-state index contributed by atoms with van der Waals surface area (Å²) >= 11 is 0. The van der Waals surface area contributed by atoms with Gasteiger partial charge in [-0.1, -0.05) is 12.2 Å². The van der Waals surface area contributed by atoms with Crippen LogP contribution in [0.5, 0.6) is 0 Å². The van der Waals surface area contributed by atoms with Gasteiger partial charge in [0.05, 0.1) is 0 Å². The van der Waals surface area contributed by atoms with E-state index in [9.17, 15) is 31.1 Å². The van der Waals surface area contributed by atoms with Crippen LogP contribution in [0.2, 0.25) is 0 Å². The maximum Gasteiger partial charge on any atom is 0.404 e. The van der Waals surface area contributed by atoms with Crippen LogP contribution in [-0.4, -0.2) is 36.2 Å². The van der Waals surface area contributed by atoms with Crippen LogP contribution in [0.4, 0.5) is 26.3 Å². The Bertz CT molecular complexity index is 425. The molecule has 0 radical (unpaired) electrons. The first-order chi connectivity index (χ1) is 9.58. The van der Waals surface area contributed by atoms with Crippen LogP contribution >= 0.6 is 0 Å². The van der Waals surface area contributed by atoms with Crippen molar-refractivity contribution in [2.45, 2.75) is 38.0 Å². The smallest absolute Gasteiger partial charge is 0.341 e. The van der Waals surface area contributed by atoms with E-state index in [1.807, 2.05) is 6.08 Å². The second kappa shape index (κ2) is 5.21. The number of alkyl halides is 6. The Morgan fingerprint density at radius 2 is 1.71 bits per heavy atom. The summed E-state index contributed by atoms with van der Waals surface area (Å²) in [5.41, 5.74) is -3.79. The fourth-order valence-corrected chi connectivity index (χ4v) is 2.90. The normalized spacial score (nSPS) is 26.2. The Hall–Kier alpha value is -1.21. The molecule has 21 heavy (non-hydrogen) atoms. The van der Waals surface area contributed by atoms with Gasteiger partial charge in [0.2, 0.25) is 5.91 Å². The molecule has 0 aromatic rings. The third kappa shape index (κ3) is 2.76. The summed E-state index contributed by atoms with van der Waals surface area (Å²) < 4.78 is 77.5. The monoisotopic (exact) mass is 315 g/mol. The fraction of sp³-hybridized carbons (Fsp3) is 0.769. The predicted molar refractivity (Wildman–Crippen MR) is 62.2 cm³/mol. The number of nitrogens with zero attached hydrogens (tertiary/aromatic N) is 1. The van der Waals surface area contributed by atoms with Gasteiger partial charge in [-0.3, -0.25) is 4.79 Å². The van der Waals surface area contributed by atoms with Gasteiger partial charge in [0.25, 0.3) is 0 Å². The highest BCUT2D eigenvalue weighted by atomic mass is 19.4. The van der Waals surface area contributed by atoms with Gasteiger partial charge in [0, 0.05) is 19.0 Å². The van der Waals surface area contributed by atoms with Gasteiger partial charge in [-0.2, -0.15) is 26.3 Å². The molecular weight excluding hydrogens is 300 g/mol. The Balaban J connectivity index is 2.17. The molecule has 1 heterocycles. The molecular formula is C13H15F6NO. The second-order valence-corrected chi connectivity index (χ2v) is 5.57. The largest absolute Gasteiger partial charge is 0.404 e. The summed E-state index contributed by atoms with van der Waals surface area (Å²) in [6.45, 7) is -1.82. The van der Waals surface area contributed by atoms with E-state index >= 15 is 0 Å². The maximum atomic E-state index is 12.9. The van der Waals surface area contributed by atoms with Crippen molar-refractivity contribution in [2.75, 3.05) is 13.1 Å². The Morgan fingerprint density at radius 1 is 1.10 bits per heavy atom. The van der Waals surface area contributed by atoms with E-state index in [1.54, 1.807) is 6.08 Å². The first-order valence-corrected chi connectivity index (χ1v) is 6.66. The Morgan fingerprint density at radius 3 is 2.14 bits per heavy atom. The molecule has 0 spiro atoms. The number of rotatable bonds is 1. The van der Waals surface area contributed by atoms with Crippen LogP contribution in [0, 0.1) is 11.3 Å². The van der Waals surface area contributed by atoms with Crippen LogP contribution in [0.25, 0.3) is 0 Å². The van der Waals surface area contributed by atoms with Crippen molar-refractivity contribution < 1.29 is 31.1 Å². The van der Waals surface area contributed by atoms with E-state index in [0.717, 1.165) is 4.90 Å². The number of amides is 1. The van der Waals surface area contributed by atoms with Crippen molar-refractivity contribution in [3.8, 4) is 0 Å². The third-order valence-electron chi connectivity index (χ3n) is 4.28. The van der Waals surface area contributed by atoms with Crippen LogP contribution in [0.15, 0.2) is 12.2 Å². The lowest BCUT2D eigenvalue weighted by atomic mass is 9.85. The van der Waals surface area contributed by atoms with Crippen molar-refractivity contribution in [3.63, 3.8) is 0 Å². The molecule has 120 valence electrons. The minimum absolute atomic E-state index is 0.375. The summed E-state index contributed by atoms with van der Waals surface area (Å²) in [5, 5.41) is 0. The lowest BCUT2D eigenvalue weighted by Gasteiger charge is -2.34. The Labute approximate surface area is 117 Å². The van der Waals surface area contributed by atoms with Gasteiger partial charge in [0.15, 0.2) is 5.41 Å². The quantitative estimate of drug-likeness (QED) is 0.534. The van der Waals surface area contributed by atoms with Gasteiger partial charge in [0.1, 0.15) is 0 Å². The molecule has 0 aromatic carbocycles. The lowest BCUT2D eigenvalue weighted by molar-refractivity contribution is -0.334. The standard InChI is InChI=1S/C13H15F6NO/c14-12(15,16)11(13(17,18)19)6-7-20(8-11)10(21)9-4-2-1-3-5-9/h1-2,9H,3-8H2. The summed E-state index contributed by atoms with van der Waals surface area (Å²) in [4.78, 5) is 12.8. The van der Waals surface area contributed by atoms with E-state index in [4.69, 9.17) is 0 Å². The maximum absolute atomic E-state index is 12.9. The van der Waals surface area contributed by atoms with Gasteiger partial charge in [-0.25, -0.2) is 0 Å². The van der Waals surface area contributed by atoms with Crippen LogP contribution in [0.3, 0.4) is 0 Å². The molecule has 0 aromatic heterocycles. The predicted octanol–water partition coefficient (Wildman–Crippen LogP) is 3.69. The van der Waals surface area contributed by atoms with E-state index in [-0.39, 0.29) is 0 Å². The summed E-state index contributed by atoms with van der Waals surface area (Å²) in [7, 11) is 0. The number of hydrogen-bond acceptors (Lipinski definition) is 1. The van der Waals surface area contributed by atoms with Crippen molar-refractivity contribution in [1.29, 1.82) is 0 Å². The first-order valence-electron chi connectivity index (χ1n) is 6.66. The lowest BCUT2D eigenvalue weighted by Crippen LogP contribution is -2.52. The van der Waals surface area contributed by atoms with Crippen molar-refractivity contribution in [1.82, 2.24) is 4.90 Å². The zero-order chi connectivity index (χ0) is 15.9. The number of hydrogen-bond donors (Lipinski definition) is 0. The molecule has 1 unspecified atom stereocenters. The Kier molecular flexibility index (Phi) is 4.01.